The fourth-order valence-corrected chi connectivity index (χ4v) is 5.82. The number of carboxylic acid groups (broad SMARTS) is 1. The van der Waals surface area contributed by atoms with Gasteiger partial charge in [0, 0.05) is 13.0 Å². The molecule has 3 N–H and O–H groups in total. The number of amides is 1. The number of ether oxygens (including phenoxy) is 3. The van der Waals surface area contributed by atoms with Gasteiger partial charge in [-0.15, -0.1) is 5.10 Å². The molecule has 3 fully saturated rings. The lowest BCUT2D eigenvalue weighted by Crippen LogP contribution is -2.61. The third kappa shape index (κ3) is 4.24. The standard InChI is InChI=1S/C23H36N4O6/c1-12(2)7-8-15-22(5,33-15)18-17(30-6)14(9-10-23(18)11-31-23)27(21(28)29)16(13(3)4)19-25-26-20(24)32-19/h7,13-18H,8-11H2,1-6H3,(H2,24,26)(H,28,29)/t14-,15-,16?,17-,18-,22+,23+/m1/s1. The summed E-state index contributed by atoms with van der Waals surface area (Å²) in [5.74, 6) is -0.0375. The highest BCUT2D eigenvalue weighted by Gasteiger charge is 2.72. The van der Waals surface area contributed by atoms with Crippen LogP contribution in [-0.2, 0) is 14.2 Å². The second-order valence-corrected chi connectivity index (χ2v) is 10.3. The number of nitrogens with two attached hydrogens (primary N) is 1. The van der Waals surface area contributed by atoms with Crippen LogP contribution in [-0.4, -0.2) is 69.5 Å². The molecule has 33 heavy (non-hydrogen) atoms. The fraction of sp³-hybridized carbons (Fsp3) is 0.783. The van der Waals surface area contributed by atoms with Crippen LogP contribution < -0.4 is 5.73 Å². The van der Waals surface area contributed by atoms with E-state index in [1.807, 2.05) is 13.8 Å². The number of methoxy groups -OCH3 is 1. The molecule has 1 unspecified atom stereocenters. The van der Waals surface area contributed by atoms with Crippen molar-refractivity contribution in [1.29, 1.82) is 0 Å². The molecule has 3 aliphatic rings. The van der Waals surface area contributed by atoms with Gasteiger partial charge < -0.3 is 29.5 Å². The van der Waals surface area contributed by atoms with Gasteiger partial charge in [0.2, 0.25) is 5.89 Å². The topological polar surface area (TPSA) is 140 Å². The van der Waals surface area contributed by atoms with Gasteiger partial charge in [-0.2, -0.15) is 0 Å². The number of nitrogens with zero attached hydrogens (tertiary/aromatic N) is 3. The maximum atomic E-state index is 12.7. The van der Waals surface area contributed by atoms with Gasteiger partial charge in [0.05, 0.1) is 30.5 Å². The Balaban J connectivity index is 1.68. The lowest BCUT2D eigenvalue weighted by Gasteiger charge is -2.48. The van der Waals surface area contributed by atoms with Gasteiger partial charge >= 0.3 is 12.1 Å². The van der Waals surface area contributed by atoms with Crippen LogP contribution in [0, 0.1) is 11.8 Å². The SMILES string of the molecule is CO[C@@H]1[C@H](N(C(=O)O)C(c2nnc(N)o2)C(C)C)CC[C@]2(CO2)[C@H]1[C@@]1(C)O[C@@H]1CC=C(C)C. The van der Waals surface area contributed by atoms with Crippen LogP contribution in [0.1, 0.15) is 65.8 Å². The van der Waals surface area contributed by atoms with Gasteiger partial charge in [0.1, 0.15) is 11.6 Å². The number of allylic oxidation sites excluding steroid dienone is 1. The summed E-state index contributed by atoms with van der Waals surface area (Å²) in [7, 11) is 1.64. The Hall–Kier alpha value is -2.17. The first-order valence-electron chi connectivity index (χ1n) is 11.6. The van der Waals surface area contributed by atoms with Crippen LogP contribution in [0.4, 0.5) is 10.8 Å². The van der Waals surface area contributed by atoms with Gasteiger partial charge in [-0.1, -0.05) is 30.6 Å². The molecule has 0 radical (unpaired) electrons. The highest BCUT2D eigenvalue weighted by molar-refractivity contribution is 5.66. The number of epoxide rings is 2. The lowest BCUT2D eigenvalue weighted by atomic mass is 9.67. The van der Waals surface area contributed by atoms with Gasteiger partial charge in [0.15, 0.2) is 0 Å². The molecule has 7 atom stereocenters. The largest absolute Gasteiger partial charge is 0.465 e. The monoisotopic (exact) mass is 464 g/mol. The van der Waals surface area contributed by atoms with Crippen molar-refractivity contribution in [3.8, 4) is 0 Å². The maximum Gasteiger partial charge on any atom is 0.408 e. The summed E-state index contributed by atoms with van der Waals surface area (Å²) in [5.41, 5.74) is 6.11. The van der Waals surface area contributed by atoms with Crippen molar-refractivity contribution in [3.05, 3.63) is 17.5 Å². The van der Waals surface area contributed by atoms with E-state index in [1.54, 1.807) is 7.11 Å². The van der Waals surface area contributed by atoms with Crippen LogP contribution in [0.25, 0.3) is 0 Å². The van der Waals surface area contributed by atoms with Gasteiger partial charge in [0.25, 0.3) is 0 Å². The van der Waals surface area contributed by atoms with Crippen molar-refractivity contribution in [2.45, 2.75) is 89.4 Å². The summed E-state index contributed by atoms with van der Waals surface area (Å²) in [4.78, 5) is 14.1. The summed E-state index contributed by atoms with van der Waals surface area (Å²) in [6.07, 6.45) is 2.89. The minimum Gasteiger partial charge on any atom is -0.465 e. The molecule has 0 bridgehead atoms. The predicted molar refractivity (Wildman–Crippen MR) is 119 cm³/mol. The Kier molecular flexibility index (Phi) is 6.22. The fourth-order valence-electron chi connectivity index (χ4n) is 5.82. The second-order valence-electron chi connectivity index (χ2n) is 10.3. The molecule has 0 aromatic carbocycles. The van der Waals surface area contributed by atoms with Gasteiger partial charge in [-0.25, -0.2) is 4.79 Å². The normalized spacial score (nSPS) is 36.0. The second kappa shape index (κ2) is 8.56. The number of hydrogen-bond acceptors (Lipinski definition) is 8. The third-order valence-electron chi connectivity index (χ3n) is 7.48. The molecule has 10 heteroatoms. The number of rotatable bonds is 8. The zero-order chi connectivity index (χ0) is 24.1. The number of hydrogen-bond donors (Lipinski definition) is 2. The molecule has 1 amide bonds. The third-order valence-corrected chi connectivity index (χ3v) is 7.48. The molecule has 4 rings (SSSR count). The first-order valence-corrected chi connectivity index (χ1v) is 11.6. The minimum atomic E-state index is -1.06. The zero-order valence-electron chi connectivity index (χ0n) is 20.3. The minimum absolute atomic E-state index is 0.0461. The van der Waals surface area contributed by atoms with Crippen molar-refractivity contribution in [3.63, 3.8) is 0 Å². The molecule has 2 aliphatic heterocycles. The van der Waals surface area contributed by atoms with Crippen molar-refractivity contribution in [1.82, 2.24) is 15.1 Å². The molecule has 1 aromatic rings. The number of aromatic nitrogens is 2. The van der Waals surface area contributed by atoms with Gasteiger partial charge in [-0.05, 0) is 46.0 Å². The summed E-state index contributed by atoms with van der Waals surface area (Å²) in [6, 6.07) is -1.17. The number of nitrogen functional groups attached to an aromatic ring is 1. The Morgan fingerprint density at radius 1 is 1.39 bits per heavy atom. The van der Waals surface area contributed by atoms with Crippen LogP contribution in [0.15, 0.2) is 16.1 Å². The first-order chi connectivity index (χ1) is 15.5. The summed E-state index contributed by atoms with van der Waals surface area (Å²) < 4.78 is 23.8. The molecule has 1 aliphatic carbocycles. The van der Waals surface area contributed by atoms with E-state index in [0.29, 0.717) is 13.0 Å². The van der Waals surface area contributed by atoms with E-state index in [1.165, 1.54) is 10.5 Å². The summed E-state index contributed by atoms with van der Waals surface area (Å²) in [6.45, 7) is 10.7. The highest BCUT2D eigenvalue weighted by atomic mass is 16.6. The Labute approximate surface area is 194 Å². The molecule has 2 saturated heterocycles. The van der Waals surface area contributed by atoms with E-state index in [4.69, 9.17) is 24.4 Å². The van der Waals surface area contributed by atoms with Crippen molar-refractivity contribution in [2.24, 2.45) is 11.8 Å². The van der Waals surface area contributed by atoms with E-state index < -0.39 is 29.9 Å². The predicted octanol–water partition coefficient (Wildman–Crippen LogP) is 3.41. The average Bonchev–Trinajstić information content (AvgIpc) is 3.60. The zero-order valence-corrected chi connectivity index (χ0v) is 20.3. The van der Waals surface area contributed by atoms with Crippen molar-refractivity contribution in [2.75, 3.05) is 19.5 Å². The smallest absolute Gasteiger partial charge is 0.408 e. The molecule has 10 nitrogen and oxygen atoms in total. The van der Waals surface area contributed by atoms with E-state index in [0.717, 1.165) is 12.8 Å². The van der Waals surface area contributed by atoms with E-state index in [-0.39, 0.29) is 35.4 Å². The molecule has 1 aromatic heterocycles. The quantitative estimate of drug-likeness (QED) is 0.437. The molecule has 1 spiro atoms. The number of carbonyl (C=O) groups is 1. The maximum absolute atomic E-state index is 12.7. The van der Waals surface area contributed by atoms with E-state index in [9.17, 15) is 9.90 Å². The van der Waals surface area contributed by atoms with Gasteiger partial charge in [-0.3, -0.25) is 4.90 Å². The molecular weight excluding hydrogens is 428 g/mol. The Bertz CT molecular complexity index is 909. The first kappa shape index (κ1) is 24.0. The average molecular weight is 465 g/mol. The summed E-state index contributed by atoms with van der Waals surface area (Å²) >= 11 is 0. The summed E-state index contributed by atoms with van der Waals surface area (Å²) in [5, 5.41) is 18.1. The molecule has 184 valence electrons. The Morgan fingerprint density at radius 2 is 2.09 bits per heavy atom. The molecular formula is C23H36N4O6. The number of anilines is 1. The lowest BCUT2D eigenvalue weighted by molar-refractivity contribution is -0.103. The van der Waals surface area contributed by atoms with Crippen molar-refractivity contribution < 1.29 is 28.5 Å². The van der Waals surface area contributed by atoms with E-state index in [2.05, 4.69) is 37.0 Å². The van der Waals surface area contributed by atoms with E-state index >= 15 is 0 Å². The van der Waals surface area contributed by atoms with Crippen LogP contribution in [0.2, 0.25) is 0 Å². The Morgan fingerprint density at radius 3 is 2.58 bits per heavy atom. The highest BCUT2D eigenvalue weighted by Crippen LogP contribution is 2.60. The van der Waals surface area contributed by atoms with Crippen LogP contribution in [0.5, 0.6) is 0 Å². The van der Waals surface area contributed by atoms with Crippen molar-refractivity contribution >= 4 is 12.1 Å². The molecule has 3 heterocycles. The van der Waals surface area contributed by atoms with Crippen LogP contribution in [0.3, 0.4) is 0 Å². The van der Waals surface area contributed by atoms with Crippen LogP contribution >= 0.6 is 0 Å². The molecule has 1 saturated carbocycles.